The fourth-order valence-electron chi connectivity index (χ4n) is 4.80. The zero-order valence-electron chi connectivity index (χ0n) is 15.6. The number of amides is 1. The SMILES string of the molecule is CN1CC2CCC1(C(NC(=O)c1cccc(Cl)c1Cl)c1nccn1C)CC2. The van der Waals surface area contributed by atoms with Gasteiger partial charge in [-0.25, -0.2) is 4.98 Å². The van der Waals surface area contributed by atoms with E-state index < -0.39 is 0 Å². The summed E-state index contributed by atoms with van der Waals surface area (Å²) >= 11 is 12.4. The molecule has 5 rings (SSSR count). The van der Waals surface area contributed by atoms with Gasteiger partial charge in [0.15, 0.2) is 0 Å². The number of likely N-dealkylation sites (N-methyl/N-ethyl adjacent to an activating group) is 1. The molecule has 1 atom stereocenters. The number of aryl methyl sites for hydroxylation is 1. The Balaban J connectivity index is 1.72. The molecule has 3 heterocycles. The molecule has 1 aromatic carbocycles. The number of hydrogen-bond acceptors (Lipinski definition) is 3. The monoisotopic (exact) mass is 406 g/mol. The minimum Gasteiger partial charge on any atom is -0.340 e. The van der Waals surface area contributed by atoms with Gasteiger partial charge in [0.1, 0.15) is 11.9 Å². The molecule has 0 spiro atoms. The maximum absolute atomic E-state index is 13.1. The van der Waals surface area contributed by atoms with Crippen LogP contribution in [0.5, 0.6) is 0 Å². The number of carbonyl (C=O) groups is 1. The minimum absolute atomic E-state index is 0.130. The summed E-state index contributed by atoms with van der Waals surface area (Å²) in [5, 5.41) is 3.92. The third-order valence-corrected chi connectivity index (χ3v) is 7.21. The lowest BCUT2D eigenvalue weighted by atomic mass is 9.67. The third-order valence-electron chi connectivity index (χ3n) is 6.39. The Bertz CT molecular complexity index is 857. The van der Waals surface area contributed by atoms with Crippen molar-refractivity contribution < 1.29 is 4.79 Å². The Morgan fingerprint density at radius 3 is 2.67 bits per heavy atom. The van der Waals surface area contributed by atoms with Crippen LogP contribution in [0.15, 0.2) is 30.6 Å². The maximum Gasteiger partial charge on any atom is 0.253 e. The topological polar surface area (TPSA) is 50.2 Å². The number of rotatable bonds is 4. The molecule has 1 amide bonds. The zero-order chi connectivity index (χ0) is 19.2. The number of nitrogens with one attached hydrogen (secondary N) is 1. The molecule has 1 N–H and O–H groups in total. The molecular formula is C20H24Cl2N4O. The Kier molecular flexibility index (Phi) is 4.95. The Morgan fingerprint density at radius 1 is 1.30 bits per heavy atom. The standard InChI is InChI=1S/C20H24Cl2N4O/c1-25-11-10-23-18(25)17(20-8-6-13(7-9-20)12-26(20)2)24-19(27)14-4-3-5-15(21)16(14)22/h3-5,10-11,13,17H,6-9,12H2,1-2H3,(H,24,27). The van der Waals surface area contributed by atoms with Gasteiger partial charge in [-0.2, -0.15) is 0 Å². The number of aromatic nitrogens is 2. The van der Waals surface area contributed by atoms with Crippen LogP contribution in [0.25, 0.3) is 0 Å². The van der Waals surface area contributed by atoms with Gasteiger partial charge in [-0.1, -0.05) is 29.3 Å². The first kappa shape index (κ1) is 18.8. The van der Waals surface area contributed by atoms with Crippen LogP contribution < -0.4 is 5.32 Å². The highest BCUT2D eigenvalue weighted by Gasteiger charge is 2.51. The lowest BCUT2D eigenvalue weighted by molar-refractivity contribution is -0.0427. The summed E-state index contributed by atoms with van der Waals surface area (Å²) in [5.74, 6) is 1.41. The summed E-state index contributed by atoms with van der Waals surface area (Å²) in [6.07, 6.45) is 8.19. The molecule has 2 aliphatic heterocycles. The largest absolute Gasteiger partial charge is 0.340 e. The molecule has 2 aromatic rings. The van der Waals surface area contributed by atoms with Crippen LogP contribution in [0.2, 0.25) is 10.0 Å². The highest BCUT2D eigenvalue weighted by atomic mass is 35.5. The average molecular weight is 407 g/mol. The van der Waals surface area contributed by atoms with Crippen molar-refractivity contribution in [1.82, 2.24) is 19.8 Å². The van der Waals surface area contributed by atoms with Crippen LogP contribution in [-0.2, 0) is 7.05 Å². The first-order chi connectivity index (χ1) is 12.9. The molecule has 27 heavy (non-hydrogen) atoms. The number of nitrogens with zero attached hydrogens (tertiary/aromatic N) is 3. The summed E-state index contributed by atoms with van der Waals surface area (Å²) in [6.45, 7) is 1.06. The van der Waals surface area contributed by atoms with Crippen LogP contribution in [0, 0.1) is 5.92 Å². The van der Waals surface area contributed by atoms with Crippen molar-refractivity contribution in [2.24, 2.45) is 13.0 Å². The van der Waals surface area contributed by atoms with E-state index in [1.165, 1.54) is 12.8 Å². The Labute approximate surface area is 169 Å². The fourth-order valence-corrected chi connectivity index (χ4v) is 5.19. The molecule has 1 saturated carbocycles. The van der Waals surface area contributed by atoms with Gasteiger partial charge in [0, 0.05) is 31.5 Å². The molecule has 3 aliphatic rings. The van der Waals surface area contributed by atoms with Gasteiger partial charge in [-0.05, 0) is 50.8 Å². The lowest BCUT2D eigenvalue weighted by Crippen LogP contribution is -2.63. The van der Waals surface area contributed by atoms with Crippen molar-refractivity contribution in [1.29, 1.82) is 0 Å². The number of benzene rings is 1. The first-order valence-corrected chi connectivity index (χ1v) is 10.1. The van der Waals surface area contributed by atoms with Gasteiger partial charge in [-0.3, -0.25) is 9.69 Å². The highest BCUT2D eigenvalue weighted by molar-refractivity contribution is 6.43. The minimum atomic E-state index is -0.217. The van der Waals surface area contributed by atoms with E-state index in [0.29, 0.717) is 10.6 Å². The fraction of sp³-hybridized carbons (Fsp3) is 0.500. The second kappa shape index (κ2) is 7.12. The van der Waals surface area contributed by atoms with Gasteiger partial charge < -0.3 is 9.88 Å². The van der Waals surface area contributed by atoms with Crippen LogP contribution in [0.1, 0.15) is 47.9 Å². The van der Waals surface area contributed by atoms with Crippen molar-refractivity contribution in [3.63, 3.8) is 0 Å². The summed E-state index contributed by atoms with van der Waals surface area (Å²) < 4.78 is 1.99. The van der Waals surface area contributed by atoms with Gasteiger partial charge in [0.2, 0.25) is 0 Å². The van der Waals surface area contributed by atoms with E-state index >= 15 is 0 Å². The summed E-state index contributed by atoms with van der Waals surface area (Å²) in [7, 11) is 4.14. The molecule has 3 fully saturated rings. The quantitative estimate of drug-likeness (QED) is 0.831. The molecule has 0 radical (unpaired) electrons. The predicted octanol–water partition coefficient (Wildman–Crippen LogP) is 4.07. The number of fused-ring (bicyclic) bond motifs is 3. The second-order valence-corrected chi connectivity index (χ2v) is 8.62. The molecule has 2 saturated heterocycles. The molecule has 1 unspecified atom stereocenters. The molecular weight excluding hydrogens is 383 g/mol. The van der Waals surface area contributed by atoms with E-state index in [1.807, 2.05) is 17.8 Å². The van der Waals surface area contributed by atoms with Crippen molar-refractivity contribution in [3.05, 3.63) is 52.0 Å². The average Bonchev–Trinajstić information content (AvgIpc) is 3.08. The van der Waals surface area contributed by atoms with Gasteiger partial charge in [0.25, 0.3) is 5.91 Å². The van der Waals surface area contributed by atoms with Crippen molar-refractivity contribution in [2.45, 2.75) is 37.3 Å². The number of carbonyl (C=O) groups excluding carboxylic acids is 1. The van der Waals surface area contributed by atoms with E-state index in [4.69, 9.17) is 23.2 Å². The predicted molar refractivity (Wildman–Crippen MR) is 107 cm³/mol. The molecule has 7 heteroatoms. The summed E-state index contributed by atoms with van der Waals surface area (Å²) in [4.78, 5) is 20.2. The van der Waals surface area contributed by atoms with Gasteiger partial charge in [0.05, 0.1) is 15.6 Å². The second-order valence-electron chi connectivity index (χ2n) is 7.83. The first-order valence-electron chi connectivity index (χ1n) is 9.36. The Hall–Kier alpha value is -1.56. The van der Waals surface area contributed by atoms with Crippen LogP contribution >= 0.6 is 23.2 Å². The molecule has 1 aliphatic carbocycles. The van der Waals surface area contributed by atoms with E-state index in [2.05, 4.69) is 22.2 Å². The number of hydrogen-bond donors (Lipinski definition) is 1. The number of imidazole rings is 1. The Morgan fingerprint density at radius 2 is 2.04 bits per heavy atom. The molecule has 1 aromatic heterocycles. The smallest absolute Gasteiger partial charge is 0.253 e. The highest BCUT2D eigenvalue weighted by Crippen LogP contribution is 2.48. The molecule has 5 nitrogen and oxygen atoms in total. The van der Waals surface area contributed by atoms with Crippen LogP contribution in [-0.4, -0.2) is 39.5 Å². The third kappa shape index (κ3) is 3.16. The van der Waals surface area contributed by atoms with Crippen molar-refractivity contribution in [2.75, 3.05) is 13.6 Å². The van der Waals surface area contributed by atoms with E-state index in [-0.39, 0.29) is 22.5 Å². The molecule has 144 valence electrons. The van der Waals surface area contributed by atoms with Gasteiger partial charge >= 0.3 is 0 Å². The lowest BCUT2D eigenvalue weighted by Gasteiger charge is -2.56. The normalized spacial score (nSPS) is 26.1. The van der Waals surface area contributed by atoms with Crippen molar-refractivity contribution in [3.8, 4) is 0 Å². The zero-order valence-corrected chi connectivity index (χ0v) is 17.1. The van der Waals surface area contributed by atoms with Crippen molar-refractivity contribution >= 4 is 29.1 Å². The summed E-state index contributed by atoms with van der Waals surface area (Å²) in [6, 6.07) is 4.92. The maximum atomic E-state index is 13.1. The van der Waals surface area contributed by atoms with Crippen LogP contribution in [0.3, 0.4) is 0 Å². The molecule has 2 bridgehead atoms. The number of piperidine rings is 2. The van der Waals surface area contributed by atoms with E-state index in [1.54, 1.807) is 24.4 Å². The summed E-state index contributed by atoms with van der Waals surface area (Å²) in [5.41, 5.74) is 0.265. The van der Waals surface area contributed by atoms with Gasteiger partial charge in [-0.15, -0.1) is 0 Å². The van der Waals surface area contributed by atoms with E-state index in [9.17, 15) is 4.79 Å². The number of halogens is 2. The van der Waals surface area contributed by atoms with E-state index in [0.717, 1.165) is 31.1 Å². The van der Waals surface area contributed by atoms with Crippen LogP contribution in [0.4, 0.5) is 0 Å².